The van der Waals surface area contributed by atoms with Crippen molar-refractivity contribution >= 4 is 40.6 Å². The molecule has 2 heterocycles. The third-order valence-electron chi connectivity index (χ3n) is 7.27. The minimum absolute atomic E-state index is 0.144. The molecule has 0 unspecified atom stereocenters. The summed E-state index contributed by atoms with van der Waals surface area (Å²) in [6, 6.07) is 28.3. The number of carbonyl (C=O) groups is 4. The van der Waals surface area contributed by atoms with Crippen molar-refractivity contribution in [2.45, 2.75) is 44.6 Å². The maximum atomic E-state index is 14.8. The van der Waals surface area contributed by atoms with E-state index in [-0.39, 0.29) is 24.4 Å². The quantitative estimate of drug-likeness (QED) is 0.210. The summed E-state index contributed by atoms with van der Waals surface area (Å²) >= 11 is 1.46. The number of ether oxygens (including phenoxy) is 1. The van der Waals surface area contributed by atoms with Gasteiger partial charge in [0.2, 0.25) is 5.91 Å². The highest BCUT2D eigenvalue weighted by molar-refractivity contribution is 7.09. The highest BCUT2D eigenvalue weighted by atomic mass is 32.1. The Morgan fingerprint density at radius 2 is 1.44 bits per heavy atom. The third kappa shape index (κ3) is 5.50. The summed E-state index contributed by atoms with van der Waals surface area (Å²) in [6.07, 6.45) is -0.889. The Morgan fingerprint density at radius 3 is 2.05 bits per heavy atom. The van der Waals surface area contributed by atoms with E-state index in [0.717, 1.165) is 9.78 Å². The predicted molar refractivity (Wildman–Crippen MR) is 160 cm³/mol. The number of rotatable bonds is 8. The Kier molecular flexibility index (Phi) is 7.74. The van der Waals surface area contributed by atoms with Gasteiger partial charge in [-0.15, -0.1) is 11.3 Å². The van der Waals surface area contributed by atoms with Crippen LogP contribution in [-0.2, 0) is 21.4 Å². The first-order valence-electron chi connectivity index (χ1n) is 13.5. The van der Waals surface area contributed by atoms with Crippen LogP contribution in [0.2, 0.25) is 0 Å². The lowest BCUT2D eigenvalue weighted by molar-refractivity contribution is -0.124. The lowest BCUT2D eigenvalue weighted by atomic mass is 9.64. The van der Waals surface area contributed by atoms with Crippen molar-refractivity contribution in [3.05, 3.63) is 124 Å². The first kappa shape index (κ1) is 28.2. The number of hydrogen-bond acceptors (Lipinski definition) is 6. The third-order valence-corrected chi connectivity index (χ3v) is 8.15. The minimum Gasteiger partial charge on any atom is -0.443 e. The molecule has 5 rings (SSSR count). The fraction of sp³-hybridized carbons (Fsp3) is 0.235. The molecule has 1 aliphatic rings. The largest absolute Gasteiger partial charge is 0.443 e. The molecule has 41 heavy (non-hydrogen) atoms. The van der Waals surface area contributed by atoms with Crippen LogP contribution in [0, 0.1) is 5.92 Å². The Balaban J connectivity index is 1.73. The maximum absolute atomic E-state index is 14.8. The minimum atomic E-state index is -1.53. The van der Waals surface area contributed by atoms with Gasteiger partial charge in [-0.2, -0.15) is 0 Å². The van der Waals surface area contributed by atoms with Gasteiger partial charge in [0.1, 0.15) is 5.60 Å². The Morgan fingerprint density at radius 1 is 0.829 bits per heavy atom. The van der Waals surface area contributed by atoms with Gasteiger partial charge in [0.05, 0.1) is 11.1 Å². The van der Waals surface area contributed by atoms with E-state index >= 15 is 0 Å². The fourth-order valence-electron chi connectivity index (χ4n) is 5.50. The molecule has 4 aromatic rings. The summed E-state index contributed by atoms with van der Waals surface area (Å²) in [5.74, 6) is -2.26. The Hall–Kier alpha value is -4.36. The number of carbonyl (C=O) groups excluding carboxylic acids is 4. The van der Waals surface area contributed by atoms with E-state index in [1.165, 1.54) is 11.3 Å². The molecule has 0 spiro atoms. The fourth-order valence-corrected chi connectivity index (χ4v) is 6.30. The lowest BCUT2D eigenvalue weighted by Gasteiger charge is -2.35. The molecule has 0 bridgehead atoms. The Bertz CT molecular complexity index is 1570. The van der Waals surface area contributed by atoms with Crippen LogP contribution in [0.15, 0.2) is 102 Å². The number of nitrogens with zero attached hydrogens (tertiary/aromatic N) is 1. The van der Waals surface area contributed by atoms with E-state index in [2.05, 4.69) is 0 Å². The van der Waals surface area contributed by atoms with E-state index in [1.54, 1.807) is 93.6 Å². The molecule has 6 nitrogen and oxygen atoms in total. The van der Waals surface area contributed by atoms with E-state index in [4.69, 9.17) is 4.74 Å². The molecular weight excluding hydrogens is 534 g/mol. The first-order chi connectivity index (χ1) is 19.6. The smallest absolute Gasteiger partial charge is 0.421 e. The van der Waals surface area contributed by atoms with Gasteiger partial charge in [-0.3, -0.25) is 14.4 Å². The van der Waals surface area contributed by atoms with Gasteiger partial charge < -0.3 is 4.74 Å². The van der Waals surface area contributed by atoms with Gasteiger partial charge in [0, 0.05) is 34.8 Å². The molecule has 0 saturated heterocycles. The SMILES string of the molecule is CC(C)(C)OC(=O)N1C(=O)[C@](Cc2cccs2)([C@H](CC(=O)c2ccccc2)C(=O)c2ccccc2)c2ccccc21. The summed E-state index contributed by atoms with van der Waals surface area (Å²) in [6.45, 7) is 5.20. The zero-order valence-electron chi connectivity index (χ0n) is 23.2. The van der Waals surface area contributed by atoms with Crippen molar-refractivity contribution < 1.29 is 23.9 Å². The number of Topliss-reactive ketones (excluding diaryl/α,β-unsaturated/α-hetero) is 2. The van der Waals surface area contributed by atoms with Crippen LogP contribution in [0.5, 0.6) is 0 Å². The first-order valence-corrected chi connectivity index (χ1v) is 14.4. The number of benzene rings is 3. The van der Waals surface area contributed by atoms with Crippen molar-refractivity contribution in [2.24, 2.45) is 5.92 Å². The number of ketones is 2. The molecule has 0 radical (unpaired) electrons. The molecule has 2 amide bonds. The zero-order valence-corrected chi connectivity index (χ0v) is 24.0. The van der Waals surface area contributed by atoms with Crippen molar-refractivity contribution in [3.8, 4) is 0 Å². The number of imide groups is 1. The zero-order chi connectivity index (χ0) is 29.2. The number of thiophene rings is 1. The van der Waals surface area contributed by atoms with Crippen LogP contribution >= 0.6 is 11.3 Å². The summed E-state index contributed by atoms with van der Waals surface area (Å²) in [5, 5.41) is 1.91. The van der Waals surface area contributed by atoms with E-state index in [1.807, 2.05) is 29.6 Å². The van der Waals surface area contributed by atoms with E-state index in [0.29, 0.717) is 22.4 Å². The number of hydrogen-bond donors (Lipinski definition) is 0. The number of para-hydroxylation sites is 1. The predicted octanol–water partition coefficient (Wildman–Crippen LogP) is 7.28. The molecule has 0 saturated carbocycles. The van der Waals surface area contributed by atoms with E-state index < -0.39 is 28.9 Å². The van der Waals surface area contributed by atoms with Crippen molar-refractivity contribution in [3.63, 3.8) is 0 Å². The second-order valence-electron chi connectivity index (χ2n) is 11.1. The van der Waals surface area contributed by atoms with Gasteiger partial charge in [-0.1, -0.05) is 84.9 Å². The molecule has 0 N–H and O–H groups in total. The average molecular weight is 566 g/mol. The standard InChI is InChI=1S/C34H31NO5S/c1-33(2,3)40-32(39)35-28-19-11-10-18-26(28)34(31(35)38,22-25-17-12-20-41-25)27(30(37)24-15-8-5-9-16-24)21-29(36)23-13-6-4-7-14-23/h4-20,27H,21-22H2,1-3H3/t27-,34+/m1/s1. The topological polar surface area (TPSA) is 80.8 Å². The number of fused-ring (bicyclic) bond motifs is 1. The monoisotopic (exact) mass is 565 g/mol. The van der Waals surface area contributed by atoms with Gasteiger partial charge >= 0.3 is 6.09 Å². The highest BCUT2D eigenvalue weighted by Crippen LogP contribution is 2.51. The normalized spacial score (nSPS) is 17.1. The molecule has 1 aliphatic heterocycles. The second kappa shape index (κ2) is 11.3. The molecular formula is C34H31NO5S. The van der Waals surface area contributed by atoms with Crippen LogP contribution in [0.3, 0.4) is 0 Å². The van der Waals surface area contributed by atoms with Gasteiger partial charge in [0.15, 0.2) is 11.6 Å². The van der Waals surface area contributed by atoms with E-state index in [9.17, 15) is 19.2 Å². The molecule has 1 aromatic heterocycles. The van der Waals surface area contributed by atoms with Gasteiger partial charge in [-0.05, 0) is 43.8 Å². The maximum Gasteiger partial charge on any atom is 0.421 e. The van der Waals surface area contributed by atoms with Crippen LogP contribution in [0.4, 0.5) is 10.5 Å². The lowest BCUT2D eigenvalue weighted by Crippen LogP contribution is -2.52. The van der Waals surface area contributed by atoms with Crippen LogP contribution in [-0.4, -0.2) is 29.2 Å². The van der Waals surface area contributed by atoms with Crippen molar-refractivity contribution in [1.82, 2.24) is 0 Å². The molecule has 208 valence electrons. The second-order valence-corrected chi connectivity index (χ2v) is 12.2. The van der Waals surface area contributed by atoms with Gasteiger partial charge in [0.25, 0.3) is 0 Å². The van der Waals surface area contributed by atoms with Crippen molar-refractivity contribution in [2.75, 3.05) is 4.90 Å². The Labute approximate surface area is 243 Å². The van der Waals surface area contributed by atoms with Gasteiger partial charge in [-0.25, -0.2) is 9.69 Å². The number of anilines is 1. The average Bonchev–Trinajstić information content (AvgIpc) is 3.56. The summed E-state index contributed by atoms with van der Waals surface area (Å²) in [5.41, 5.74) is -0.651. The summed E-state index contributed by atoms with van der Waals surface area (Å²) in [4.78, 5) is 58.5. The molecule has 7 heteroatoms. The van der Waals surface area contributed by atoms with Crippen LogP contribution in [0.25, 0.3) is 0 Å². The summed E-state index contributed by atoms with van der Waals surface area (Å²) < 4.78 is 5.67. The molecule has 2 atom stereocenters. The van der Waals surface area contributed by atoms with Crippen molar-refractivity contribution in [1.29, 1.82) is 0 Å². The summed E-state index contributed by atoms with van der Waals surface area (Å²) in [7, 11) is 0. The number of amides is 2. The van der Waals surface area contributed by atoms with Crippen LogP contribution < -0.4 is 4.90 Å². The molecule has 0 aliphatic carbocycles. The molecule has 3 aromatic carbocycles. The van der Waals surface area contributed by atoms with Crippen LogP contribution in [0.1, 0.15) is 58.3 Å². The molecule has 0 fully saturated rings. The highest BCUT2D eigenvalue weighted by Gasteiger charge is 2.60.